The van der Waals surface area contributed by atoms with Gasteiger partial charge in [-0.25, -0.2) is 0 Å². The highest BCUT2D eigenvalue weighted by atomic mass is 16.5. The number of hydrogen-bond acceptors (Lipinski definition) is 4. The van der Waals surface area contributed by atoms with E-state index in [1.54, 1.807) is 13.2 Å². The summed E-state index contributed by atoms with van der Waals surface area (Å²) in [5, 5.41) is 17.8. The third kappa shape index (κ3) is 3.90. The molecular formula is C18H19N3O. The zero-order valence-electron chi connectivity index (χ0n) is 12.7. The van der Waals surface area contributed by atoms with Crippen molar-refractivity contribution in [3.05, 3.63) is 47.6 Å². The molecule has 1 aliphatic heterocycles. The molecular weight excluding hydrogens is 274 g/mol. The van der Waals surface area contributed by atoms with Crippen LogP contribution in [0.1, 0.15) is 24.8 Å². The number of benzene rings is 1. The highest BCUT2D eigenvalue weighted by Crippen LogP contribution is 2.25. The summed E-state index contributed by atoms with van der Waals surface area (Å²) in [5.41, 5.74) is 2.22. The number of rotatable bonds is 4. The Morgan fingerprint density at radius 2 is 1.68 bits per heavy atom. The first-order valence-electron chi connectivity index (χ1n) is 7.40. The topological polar surface area (TPSA) is 60.0 Å². The molecule has 0 amide bonds. The molecule has 4 heteroatoms. The molecule has 0 aliphatic carbocycles. The van der Waals surface area contributed by atoms with Gasteiger partial charge in [0.15, 0.2) is 0 Å². The normalized spacial score (nSPS) is 14.7. The average molecular weight is 293 g/mol. The van der Waals surface area contributed by atoms with E-state index in [1.807, 2.05) is 42.5 Å². The smallest absolute Gasteiger partial charge is 0.129 e. The molecule has 112 valence electrons. The SMILES string of the molecule is COc1ccc(/C(=C/C=C(C#N)C#N)N2CCCCC2)cc1. The first-order chi connectivity index (χ1) is 10.8. The van der Waals surface area contributed by atoms with Crippen molar-refractivity contribution < 1.29 is 4.74 Å². The van der Waals surface area contributed by atoms with Gasteiger partial charge in [-0.1, -0.05) is 0 Å². The lowest BCUT2D eigenvalue weighted by atomic mass is 10.1. The zero-order chi connectivity index (χ0) is 15.8. The van der Waals surface area contributed by atoms with Crippen LogP contribution in [0.4, 0.5) is 0 Å². The fourth-order valence-electron chi connectivity index (χ4n) is 2.54. The molecule has 1 heterocycles. The van der Waals surface area contributed by atoms with E-state index in [9.17, 15) is 0 Å². The Hall–Kier alpha value is -2.72. The zero-order valence-corrected chi connectivity index (χ0v) is 12.7. The van der Waals surface area contributed by atoms with Crippen LogP contribution >= 0.6 is 0 Å². The Kier molecular flexibility index (Phi) is 5.63. The summed E-state index contributed by atoms with van der Waals surface area (Å²) in [4.78, 5) is 2.31. The fraction of sp³-hybridized carbons (Fsp3) is 0.333. The number of ether oxygens (including phenoxy) is 1. The van der Waals surface area contributed by atoms with Crippen molar-refractivity contribution >= 4 is 5.70 Å². The minimum absolute atomic E-state index is 0.114. The van der Waals surface area contributed by atoms with E-state index in [2.05, 4.69) is 4.90 Å². The maximum Gasteiger partial charge on any atom is 0.129 e. The number of methoxy groups -OCH3 is 1. The van der Waals surface area contributed by atoms with Gasteiger partial charge in [0.1, 0.15) is 23.5 Å². The van der Waals surface area contributed by atoms with Crippen molar-refractivity contribution in [2.24, 2.45) is 0 Å². The second kappa shape index (κ2) is 7.90. The van der Waals surface area contributed by atoms with E-state index in [-0.39, 0.29) is 5.57 Å². The van der Waals surface area contributed by atoms with Crippen molar-refractivity contribution in [1.29, 1.82) is 10.5 Å². The molecule has 2 rings (SSSR count). The van der Waals surface area contributed by atoms with Crippen LogP contribution in [0.25, 0.3) is 5.70 Å². The summed E-state index contributed by atoms with van der Waals surface area (Å²) in [6, 6.07) is 11.7. The molecule has 1 aliphatic rings. The summed E-state index contributed by atoms with van der Waals surface area (Å²) in [6.45, 7) is 2.00. The molecule has 0 aromatic heterocycles. The largest absolute Gasteiger partial charge is 0.497 e. The molecule has 1 aromatic carbocycles. The fourth-order valence-corrected chi connectivity index (χ4v) is 2.54. The van der Waals surface area contributed by atoms with Gasteiger partial charge in [-0.2, -0.15) is 10.5 Å². The number of hydrogen-bond donors (Lipinski definition) is 0. The minimum Gasteiger partial charge on any atom is -0.497 e. The maximum atomic E-state index is 8.89. The Morgan fingerprint density at radius 1 is 1.05 bits per heavy atom. The second-order valence-corrected chi connectivity index (χ2v) is 5.13. The minimum atomic E-state index is 0.114. The number of nitriles is 2. The van der Waals surface area contributed by atoms with Crippen LogP contribution in [0.5, 0.6) is 5.75 Å². The van der Waals surface area contributed by atoms with Crippen molar-refractivity contribution in [2.75, 3.05) is 20.2 Å². The van der Waals surface area contributed by atoms with E-state index < -0.39 is 0 Å². The molecule has 0 spiro atoms. The Labute approximate surface area is 131 Å². The van der Waals surface area contributed by atoms with Crippen molar-refractivity contribution in [3.8, 4) is 17.9 Å². The van der Waals surface area contributed by atoms with Crippen LogP contribution in [0.3, 0.4) is 0 Å². The predicted octanol–water partition coefficient (Wildman–Crippen LogP) is 3.50. The van der Waals surface area contributed by atoms with Gasteiger partial charge in [0.25, 0.3) is 0 Å². The lowest BCUT2D eigenvalue weighted by Gasteiger charge is -2.31. The van der Waals surface area contributed by atoms with E-state index in [0.717, 1.165) is 30.1 Å². The van der Waals surface area contributed by atoms with Crippen LogP contribution in [0.2, 0.25) is 0 Å². The summed E-state index contributed by atoms with van der Waals surface area (Å²) in [6.07, 6.45) is 7.05. The van der Waals surface area contributed by atoms with Gasteiger partial charge in [0.2, 0.25) is 0 Å². The first kappa shape index (κ1) is 15.7. The number of nitrogens with zero attached hydrogens (tertiary/aromatic N) is 3. The van der Waals surface area contributed by atoms with E-state index in [0.29, 0.717) is 0 Å². The van der Waals surface area contributed by atoms with Crippen molar-refractivity contribution in [2.45, 2.75) is 19.3 Å². The average Bonchev–Trinajstić information content (AvgIpc) is 2.60. The Balaban J connectivity index is 2.36. The van der Waals surface area contributed by atoms with Gasteiger partial charge < -0.3 is 9.64 Å². The monoisotopic (exact) mass is 293 g/mol. The molecule has 0 radical (unpaired) electrons. The van der Waals surface area contributed by atoms with Gasteiger partial charge in [0, 0.05) is 18.8 Å². The molecule has 0 saturated carbocycles. The molecule has 1 saturated heterocycles. The molecule has 0 atom stereocenters. The lowest BCUT2D eigenvalue weighted by molar-refractivity contribution is 0.326. The Bertz CT molecular complexity index is 622. The highest BCUT2D eigenvalue weighted by molar-refractivity contribution is 5.67. The first-order valence-corrected chi connectivity index (χ1v) is 7.40. The van der Waals surface area contributed by atoms with Gasteiger partial charge in [-0.15, -0.1) is 0 Å². The Morgan fingerprint density at radius 3 is 2.23 bits per heavy atom. The van der Waals surface area contributed by atoms with Crippen LogP contribution in [-0.2, 0) is 0 Å². The summed E-state index contributed by atoms with van der Waals surface area (Å²) >= 11 is 0. The summed E-state index contributed by atoms with van der Waals surface area (Å²) in [7, 11) is 1.64. The number of likely N-dealkylation sites (tertiary alicyclic amines) is 1. The summed E-state index contributed by atoms with van der Waals surface area (Å²) < 4.78 is 5.20. The van der Waals surface area contributed by atoms with Gasteiger partial charge >= 0.3 is 0 Å². The molecule has 0 unspecified atom stereocenters. The standard InChI is InChI=1S/C18H19N3O/c1-22-17-8-6-16(7-9-17)18(10-5-15(13-19)14-20)21-11-3-2-4-12-21/h5-10H,2-4,11-12H2,1H3/b18-10-. The third-order valence-electron chi connectivity index (χ3n) is 3.73. The molecule has 4 nitrogen and oxygen atoms in total. The van der Waals surface area contributed by atoms with E-state index in [4.69, 9.17) is 15.3 Å². The van der Waals surface area contributed by atoms with E-state index >= 15 is 0 Å². The van der Waals surface area contributed by atoms with E-state index in [1.165, 1.54) is 19.3 Å². The van der Waals surface area contributed by atoms with Crippen molar-refractivity contribution in [3.63, 3.8) is 0 Å². The van der Waals surface area contributed by atoms with Crippen molar-refractivity contribution in [1.82, 2.24) is 4.90 Å². The van der Waals surface area contributed by atoms with Crippen LogP contribution in [-0.4, -0.2) is 25.1 Å². The lowest BCUT2D eigenvalue weighted by Crippen LogP contribution is -2.28. The number of piperidine rings is 1. The molecule has 1 fully saturated rings. The highest BCUT2D eigenvalue weighted by Gasteiger charge is 2.14. The predicted molar refractivity (Wildman–Crippen MR) is 85.7 cm³/mol. The molecule has 0 bridgehead atoms. The number of allylic oxidation sites excluding steroid dienone is 3. The third-order valence-corrected chi connectivity index (χ3v) is 3.73. The van der Waals surface area contributed by atoms with Gasteiger partial charge in [-0.3, -0.25) is 0 Å². The molecule has 1 aromatic rings. The van der Waals surface area contributed by atoms with Crippen LogP contribution < -0.4 is 4.74 Å². The van der Waals surface area contributed by atoms with Crippen LogP contribution in [0, 0.1) is 22.7 Å². The van der Waals surface area contributed by atoms with Gasteiger partial charge in [0.05, 0.1) is 7.11 Å². The molecule has 0 N–H and O–H groups in total. The maximum absolute atomic E-state index is 8.89. The second-order valence-electron chi connectivity index (χ2n) is 5.13. The van der Waals surface area contributed by atoms with Gasteiger partial charge in [-0.05, 0) is 61.2 Å². The van der Waals surface area contributed by atoms with Crippen LogP contribution in [0.15, 0.2) is 42.0 Å². The molecule has 22 heavy (non-hydrogen) atoms. The quantitative estimate of drug-likeness (QED) is 0.629. The summed E-state index contributed by atoms with van der Waals surface area (Å²) in [5.74, 6) is 0.812.